The molecule has 2 saturated heterocycles. The fourth-order valence-electron chi connectivity index (χ4n) is 4.10. The van der Waals surface area contributed by atoms with Gasteiger partial charge in [0, 0.05) is 25.6 Å². The van der Waals surface area contributed by atoms with Crippen molar-refractivity contribution in [2.75, 3.05) is 19.6 Å². The van der Waals surface area contributed by atoms with Crippen molar-refractivity contribution in [3.05, 3.63) is 35.6 Å². The van der Waals surface area contributed by atoms with Gasteiger partial charge in [0.25, 0.3) is 0 Å². The lowest BCUT2D eigenvalue weighted by molar-refractivity contribution is -0.141. The first-order valence-corrected chi connectivity index (χ1v) is 9.50. The summed E-state index contributed by atoms with van der Waals surface area (Å²) in [5, 5.41) is 9.88. The number of amides is 1. The first-order chi connectivity index (χ1) is 12.0. The third-order valence-electron chi connectivity index (χ3n) is 5.65. The molecule has 4 nitrogen and oxygen atoms in total. The molecule has 0 aromatic heterocycles. The molecule has 0 aliphatic carbocycles. The molecule has 2 heterocycles. The molecule has 25 heavy (non-hydrogen) atoms. The van der Waals surface area contributed by atoms with Crippen molar-refractivity contribution in [3.8, 4) is 0 Å². The van der Waals surface area contributed by atoms with Gasteiger partial charge in [0.05, 0.1) is 12.1 Å². The van der Waals surface area contributed by atoms with E-state index in [2.05, 4.69) is 4.90 Å². The maximum Gasteiger partial charge on any atom is 0.239 e. The molecule has 0 saturated carbocycles. The van der Waals surface area contributed by atoms with Crippen molar-refractivity contribution in [3.63, 3.8) is 0 Å². The monoisotopic (exact) mass is 348 g/mol. The van der Waals surface area contributed by atoms with Gasteiger partial charge in [-0.3, -0.25) is 9.69 Å². The molecule has 2 aliphatic heterocycles. The zero-order valence-corrected chi connectivity index (χ0v) is 15.0. The van der Waals surface area contributed by atoms with Crippen LogP contribution in [0.15, 0.2) is 24.3 Å². The first kappa shape index (κ1) is 18.3. The van der Waals surface area contributed by atoms with E-state index in [1.165, 1.54) is 12.1 Å². The first-order valence-electron chi connectivity index (χ1n) is 9.50. The van der Waals surface area contributed by atoms with E-state index in [4.69, 9.17) is 0 Å². The number of aliphatic hydroxyl groups is 1. The minimum atomic E-state index is -0.364. The summed E-state index contributed by atoms with van der Waals surface area (Å²) in [6, 6.07) is 6.47. The van der Waals surface area contributed by atoms with Crippen LogP contribution in [0.3, 0.4) is 0 Å². The molecule has 3 atom stereocenters. The number of rotatable bonds is 4. The van der Waals surface area contributed by atoms with Crippen LogP contribution in [0, 0.1) is 11.7 Å². The standard InChI is InChI=1S/C20H29FN2O2/c1-15(24)17-5-4-12-23(14-17)20(25)19-6-2-3-11-22(19)13-16-7-9-18(21)10-8-16/h7-10,15,17,19,24H,2-6,11-14H2,1H3. The summed E-state index contributed by atoms with van der Waals surface area (Å²) in [6.07, 6.45) is 4.65. The molecule has 3 rings (SSSR count). The van der Waals surface area contributed by atoms with Gasteiger partial charge in [-0.15, -0.1) is 0 Å². The highest BCUT2D eigenvalue weighted by molar-refractivity contribution is 5.82. The lowest BCUT2D eigenvalue weighted by atomic mass is 9.92. The van der Waals surface area contributed by atoms with Crippen molar-refractivity contribution in [1.82, 2.24) is 9.80 Å². The van der Waals surface area contributed by atoms with Crippen molar-refractivity contribution in [1.29, 1.82) is 0 Å². The predicted molar refractivity (Wildman–Crippen MR) is 95.4 cm³/mol. The van der Waals surface area contributed by atoms with Crippen LogP contribution in [-0.4, -0.2) is 52.6 Å². The molecule has 1 aromatic carbocycles. The number of benzene rings is 1. The quantitative estimate of drug-likeness (QED) is 0.910. The van der Waals surface area contributed by atoms with Crippen molar-refractivity contribution in [2.45, 2.75) is 57.7 Å². The Labute approximate surface area is 149 Å². The summed E-state index contributed by atoms with van der Waals surface area (Å²) in [4.78, 5) is 17.3. The second-order valence-corrected chi connectivity index (χ2v) is 7.54. The fraction of sp³-hybridized carbons (Fsp3) is 0.650. The number of carbonyl (C=O) groups is 1. The molecule has 1 aromatic rings. The van der Waals surface area contributed by atoms with Gasteiger partial charge in [-0.25, -0.2) is 4.39 Å². The number of piperidine rings is 2. The largest absolute Gasteiger partial charge is 0.393 e. The summed E-state index contributed by atoms with van der Waals surface area (Å²) < 4.78 is 13.1. The number of aliphatic hydroxyl groups excluding tert-OH is 1. The van der Waals surface area contributed by atoms with Gasteiger partial charge in [-0.05, 0) is 56.8 Å². The summed E-state index contributed by atoms with van der Waals surface area (Å²) >= 11 is 0. The van der Waals surface area contributed by atoms with Crippen LogP contribution in [0.1, 0.15) is 44.6 Å². The Morgan fingerprint density at radius 3 is 2.68 bits per heavy atom. The summed E-state index contributed by atoms with van der Waals surface area (Å²) in [5.41, 5.74) is 1.04. The van der Waals surface area contributed by atoms with E-state index >= 15 is 0 Å². The summed E-state index contributed by atoms with van der Waals surface area (Å²) in [5.74, 6) is 0.159. The highest BCUT2D eigenvalue weighted by Crippen LogP contribution is 2.25. The smallest absolute Gasteiger partial charge is 0.239 e. The maximum absolute atomic E-state index is 13.1. The summed E-state index contributed by atoms with van der Waals surface area (Å²) in [6.45, 7) is 4.87. The Morgan fingerprint density at radius 1 is 1.20 bits per heavy atom. The number of halogens is 1. The third-order valence-corrected chi connectivity index (χ3v) is 5.65. The van der Waals surface area contributed by atoms with Gasteiger partial charge in [0.2, 0.25) is 5.91 Å². The number of nitrogens with zero attached hydrogens (tertiary/aromatic N) is 2. The molecule has 0 radical (unpaired) electrons. The Balaban J connectivity index is 1.67. The summed E-state index contributed by atoms with van der Waals surface area (Å²) in [7, 11) is 0. The molecular weight excluding hydrogens is 319 g/mol. The molecule has 3 unspecified atom stereocenters. The third kappa shape index (κ3) is 4.59. The van der Waals surface area contributed by atoms with E-state index < -0.39 is 0 Å². The number of likely N-dealkylation sites (tertiary alicyclic amines) is 2. The van der Waals surface area contributed by atoms with Crippen LogP contribution in [0.5, 0.6) is 0 Å². The van der Waals surface area contributed by atoms with Crippen LogP contribution >= 0.6 is 0 Å². The molecule has 2 fully saturated rings. The van der Waals surface area contributed by atoms with E-state index in [-0.39, 0.29) is 29.8 Å². The molecule has 1 N–H and O–H groups in total. The van der Waals surface area contributed by atoms with Crippen LogP contribution in [-0.2, 0) is 11.3 Å². The number of hydrogen-bond acceptors (Lipinski definition) is 3. The zero-order valence-electron chi connectivity index (χ0n) is 15.0. The van der Waals surface area contributed by atoms with Gasteiger partial charge >= 0.3 is 0 Å². The second kappa shape index (κ2) is 8.28. The average molecular weight is 348 g/mol. The van der Waals surface area contributed by atoms with Crippen LogP contribution in [0.2, 0.25) is 0 Å². The van der Waals surface area contributed by atoms with E-state index in [1.807, 2.05) is 11.8 Å². The van der Waals surface area contributed by atoms with Gasteiger partial charge in [0.1, 0.15) is 5.82 Å². The Hall–Kier alpha value is -1.46. The molecule has 2 aliphatic rings. The van der Waals surface area contributed by atoms with Crippen LogP contribution in [0.4, 0.5) is 4.39 Å². The maximum atomic E-state index is 13.1. The highest BCUT2D eigenvalue weighted by Gasteiger charge is 2.34. The molecule has 1 amide bonds. The lowest BCUT2D eigenvalue weighted by Gasteiger charge is -2.41. The Morgan fingerprint density at radius 2 is 1.96 bits per heavy atom. The van der Waals surface area contributed by atoms with Gasteiger partial charge in [-0.1, -0.05) is 18.6 Å². The van der Waals surface area contributed by atoms with Gasteiger partial charge in [0.15, 0.2) is 0 Å². The van der Waals surface area contributed by atoms with Crippen LogP contribution < -0.4 is 0 Å². The topological polar surface area (TPSA) is 43.8 Å². The van der Waals surface area contributed by atoms with Gasteiger partial charge < -0.3 is 10.0 Å². The van der Waals surface area contributed by atoms with E-state index in [0.29, 0.717) is 13.1 Å². The molecule has 138 valence electrons. The normalized spacial score (nSPS) is 26.4. The van der Waals surface area contributed by atoms with Crippen molar-refractivity contribution < 1.29 is 14.3 Å². The average Bonchev–Trinajstić information content (AvgIpc) is 2.63. The molecule has 5 heteroatoms. The van der Waals surface area contributed by atoms with Gasteiger partial charge in [-0.2, -0.15) is 0 Å². The SMILES string of the molecule is CC(O)C1CCCN(C(=O)C2CCCCN2Cc2ccc(F)cc2)C1. The highest BCUT2D eigenvalue weighted by atomic mass is 19.1. The molecular formula is C20H29FN2O2. The van der Waals surface area contributed by atoms with Crippen molar-refractivity contribution in [2.24, 2.45) is 5.92 Å². The lowest BCUT2D eigenvalue weighted by Crippen LogP contribution is -2.53. The number of carbonyl (C=O) groups excluding carboxylic acids is 1. The van der Waals surface area contributed by atoms with E-state index in [0.717, 1.165) is 50.8 Å². The molecule has 0 spiro atoms. The minimum Gasteiger partial charge on any atom is -0.393 e. The molecule has 0 bridgehead atoms. The second-order valence-electron chi connectivity index (χ2n) is 7.54. The predicted octanol–water partition coefficient (Wildman–Crippen LogP) is 2.80. The fourth-order valence-corrected chi connectivity index (χ4v) is 4.10. The Bertz CT molecular complexity index is 576. The minimum absolute atomic E-state index is 0.0912. The van der Waals surface area contributed by atoms with E-state index in [9.17, 15) is 14.3 Å². The van der Waals surface area contributed by atoms with Crippen molar-refractivity contribution >= 4 is 5.91 Å². The van der Waals surface area contributed by atoms with E-state index in [1.54, 1.807) is 12.1 Å². The zero-order chi connectivity index (χ0) is 17.8. The Kier molecular flexibility index (Phi) is 6.07. The van der Waals surface area contributed by atoms with Crippen LogP contribution in [0.25, 0.3) is 0 Å². The number of hydrogen-bond donors (Lipinski definition) is 1.